The molecular weight excluding hydrogens is 310 g/mol. The number of benzene rings is 1. The number of rotatable bonds is 5. The van der Waals surface area contributed by atoms with E-state index in [0.29, 0.717) is 0 Å². The monoisotopic (exact) mass is 335 g/mol. The van der Waals surface area contributed by atoms with Crippen molar-refractivity contribution in [2.45, 2.75) is 17.7 Å². The number of likely N-dealkylation sites (tertiary alicyclic amines) is 1. The molecule has 0 saturated carbocycles. The number of carbonyl (C=O) groups is 1. The van der Waals surface area contributed by atoms with E-state index in [2.05, 4.69) is 39.5 Å². The first kappa shape index (κ1) is 17.7. The summed E-state index contributed by atoms with van der Waals surface area (Å²) in [5.74, 6) is 1.85. The van der Waals surface area contributed by atoms with E-state index in [1.165, 1.54) is 12.0 Å². The van der Waals surface area contributed by atoms with E-state index in [1.807, 2.05) is 17.8 Å². The lowest BCUT2D eigenvalue weighted by atomic mass is 9.97. The molecule has 1 saturated heterocycles. The molecule has 6 heteroatoms. The van der Waals surface area contributed by atoms with Crippen molar-refractivity contribution in [3.63, 3.8) is 0 Å². The maximum Gasteiger partial charge on any atom is 0.308 e. The van der Waals surface area contributed by atoms with Crippen LogP contribution in [0.4, 0.5) is 0 Å². The molecule has 0 radical (unpaired) electrons. The summed E-state index contributed by atoms with van der Waals surface area (Å²) in [5.41, 5.74) is 0. The van der Waals surface area contributed by atoms with E-state index >= 15 is 0 Å². The fraction of sp³-hybridized carbons (Fsp3) is 0.529. The molecule has 1 heterocycles. The SMILES string of the molecule is CN=C(NCCSc1ccccc1)N1CCC(C(=O)OC)CC1. The molecule has 1 fully saturated rings. The number of hydrogen-bond donors (Lipinski definition) is 1. The second kappa shape index (κ2) is 9.45. The van der Waals surface area contributed by atoms with Crippen molar-refractivity contribution in [3.05, 3.63) is 30.3 Å². The van der Waals surface area contributed by atoms with Gasteiger partial charge in [0.25, 0.3) is 0 Å². The lowest BCUT2D eigenvalue weighted by Crippen LogP contribution is -2.47. The van der Waals surface area contributed by atoms with Gasteiger partial charge in [0.15, 0.2) is 5.96 Å². The molecule has 1 aliphatic heterocycles. The molecule has 0 amide bonds. The zero-order chi connectivity index (χ0) is 16.5. The van der Waals surface area contributed by atoms with Gasteiger partial charge in [0.05, 0.1) is 13.0 Å². The van der Waals surface area contributed by atoms with Crippen LogP contribution in [-0.4, -0.2) is 56.4 Å². The molecular formula is C17H25N3O2S. The number of ether oxygens (including phenoxy) is 1. The number of nitrogens with zero attached hydrogens (tertiary/aromatic N) is 2. The predicted octanol–water partition coefficient (Wildman–Crippen LogP) is 2.24. The molecule has 0 unspecified atom stereocenters. The van der Waals surface area contributed by atoms with Gasteiger partial charge in [-0.2, -0.15) is 0 Å². The van der Waals surface area contributed by atoms with Crippen molar-refractivity contribution in [1.82, 2.24) is 10.2 Å². The maximum atomic E-state index is 11.6. The Hall–Kier alpha value is -1.69. The summed E-state index contributed by atoms with van der Waals surface area (Å²) >= 11 is 1.83. The summed E-state index contributed by atoms with van der Waals surface area (Å²) in [5, 5.41) is 3.41. The van der Waals surface area contributed by atoms with Crippen LogP contribution in [0.1, 0.15) is 12.8 Å². The lowest BCUT2D eigenvalue weighted by molar-refractivity contribution is -0.146. The first-order chi connectivity index (χ1) is 11.2. The summed E-state index contributed by atoms with van der Waals surface area (Å²) in [6, 6.07) is 10.4. The van der Waals surface area contributed by atoms with Crippen LogP contribution in [0.25, 0.3) is 0 Å². The van der Waals surface area contributed by atoms with Crippen LogP contribution in [-0.2, 0) is 9.53 Å². The van der Waals surface area contributed by atoms with Crippen molar-refractivity contribution in [2.24, 2.45) is 10.9 Å². The molecule has 1 aromatic rings. The number of carbonyl (C=O) groups excluding carboxylic acids is 1. The van der Waals surface area contributed by atoms with Crippen molar-refractivity contribution in [2.75, 3.05) is 39.5 Å². The van der Waals surface area contributed by atoms with Crippen LogP contribution in [0.5, 0.6) is 0 Å². The van der Waals surface area contributed by atoms with E-state index in [4.69, 9.17) is 4.74 Å². The van der Waals surface area contributed by atoms with Gasteiger partial charge in [0.2, 0.25) is 0 Å². The molecule has 5 nitrogen and oxygen atoms in total. The highest BCUT2D eigenvalue weighted by molar-refractivity contribution is 7.99. The number of piperidine rings is 1. The predicted molar refractivity (Wildman–Crippen MR) is 94.8 cm³/mol. The number of nitrogens with one attached hydrogen (secondary N) is 1. The van der Waals surface area contributed by atoms with Gasteiger partial charge in [0.1, 0.15) is 0 Å². The van der Waals surface area contributed by atoms with E-state index < -0.39 is 0 Å². The quantitative estimate of drug-likeness (QED) is 0.294. The van der Waals surface area contributed by atoms with E-state index in [1.54, 1.807) is 7.05 Å². The minimum atomic E-state index is -0.0909. The Morgan fingerprint density at radius 2 is 2.04 bits per heavy atom. The Kier molecular flexibility index (Phi) is 7.26. The molecule has 0 aromatic heterocycles. The van der Waals surface area contributed by atoms with Crippen LogP contribution >= 0.6 is 11.8 Å². The Bertz CT molecular complexity index is 514. The molecule has 0 aliphatic carbocycles. The van der Waals surface area contributed by atoms with Gasteiger partial charge < -0.3 is 15.0 Å². The molecule has 0 atom stereocenters. The zero-order valence-electron chi connectivity index (χ0n) is 13.8. The van der Waals surface area contributed by atoms with Crippen molar-refractivity contribution < 1.29 is 9.53 Å². The highest BCUT2D eigenvalue weighted by atomic mass is 32.2. The third-order valence-corrected chi connectivity index (χ3v) is 4.95. The van der Waals surface area contributed by atoms with Crippen LogP contribution in [0.15, 0.2) is 40.2 Å². The number of methoxy groups -OCH3 is 1. The van der Waals surface area contributed by atoms with Crippen LogP contribution in [0.2, 0.25) is 0 Å². The van der Waals surface area contributed by atoms with Crippen LogP contribution in [0.3, 0.4) is 0 Å². The zero-order valence-corrected chi connectivity index (χ0v) is 14.6. The Balaban J connectivity index is 1.71. The van der Waals surface area contributed by atoms with Crippen molar-refractivity contribution in [3.8, 4) is 0 Å². The van der Waals surface area contributed by atoms with Gasteiger partial charge in [-0.25, -0.2) is 0 Å². The van der Waals surface area contributed by atoms with Crippen LogP contribution < -0.4 is 5.32 Å². The number of esters is 1. The fourth-order valence-electron chi connectivity index (χ4n) is 2.67. The summed E-state index contributed by atoms with van der Waals surface area (Å²) in [7, 11) is 3.26. The summed E-state index contributed by atoms with van der Waals surface area (Å²) < 4.78 is 4.83. The van der Waals surface area contributed by atoms with Gasteiger partial charge >= 0.3 is 5.97 Å². The smallest absolute Gasteiger partial charge is 0.308 e. The van der Waals surface area contributed by atoms with Crippen molar-refractivity contribution >= 4 is 23.7 Å². The summed E-state index contributed by atoms with van der Waals surface area (Å²) in [6.07, 6.45) is 1.65. The van der Waals surface area contributed by atoms with Gasteiger partial charge in [0, 0.05) is 37.3 Å². The third kappa shape index (κ3) is 5.46. The highest BCUT2D eigenvalue weighted by Crippen LogP contribution is 2.19. The topological polar surface area (TPSA) is 53.9 Å². The minimum Gasteiger partial charge on any atom is -0.469 e. The molecule has 1 N–H and O–H groups in total. The summed E-state index contributed by atoms with van der Waals surface area (Å²) in [4.78, 5) is 19.4. The maximum absolute atomic E-state index is 11.6. The normalized spacial score (nSPS) is 16.3. The average Bonchev–Trinajstić information content (AvgIpc) is 2.62. The Morgan fingerprint density at radius 3 is 2.65 bits per heavy atom. The largest absolute Gasteiger partial charge is 0.469 e. The number of guanidine groups is 1. The number of hydrogen-bond acceptors (Lipinski definition) is 4. The third-order valence-electron chi connectivity index (χ3n) is 3.94. The lowest BCUT2D eigenvalue weighted by Gasteiger charge is -2.33. The van der Waals surface area contributed by atoms with Crippen molar-refractivity contribution in [1.29, 1.82) is 0 Å². The first-order valence-electron chi connectivity index (χ1n) is 7.96. The Morgan fingerprint density at radius 1 is 1.35 bits per heavy atom. The average molecular weight is 335 g/mol. The van der Waals surface area contributed by atoms with E-state index in [-0.39, 0.29) is 11.9 Å². The number of aliphatic imine (C=N–C) groups is 1. The fourth-order valence-corrected chi connectivity index (χ4v) is 3.46. The molecule has 0 bridgehead atoms. The minimum absolute atomic E-state index is 0.0305. The van der Waals surface area contributed by atoms with Gasteiger partial charge in [-0.15, -0.1) is 11.8 Å². The summed E-state index contributed by atoms with van der Waals surface area (Å²) in [6.45, 7) is 2.54. The standard InChI is InChI=1S/C17H25N3O2S/c1-18-17(19-10-13-23-15-6-4-3-5-7-15)20-11-8-14(9-12-20)16(21)22-2/h3-7,14H,8-13H2,1-2H3,(H,18,19). The van der Waals surface area contributed by atoms with Crippen LogP contribution in [0, 0.1) is 5.92 Å². The van der Waals surface area contributed by atoms with Gasteiger partial charge in [-0.1, -0.05) is 18.2 Å². The molecule has 2 rings (SSSR count). The number of thioether (sulfide) groups is 1. The first-order valence-corrected chi connectivity index (χ1v) is 8.94. The second-order valence-corrected chi connectivity index (χ2v) is 6.59. The van der Waals surface area contributed by atoms with Gasteiger partial charge in [-0.3, -0.25) is 9.79 Å². The molecule has 23 heavy (non-hydrogen) atoms. The second-order valence-electron chi connectivity index (χ2n) is 5.42. The molecule has 1 aromatic carbocycles. The van der Waals surface area contributed by atoms with E-state index in [9.17, 15) is 4.79 Å². The van der Waals surface area contributed by atoms with E-state index in [0.717, 1.165) is 44.2 Å². The highest BCUT2D eigenvalue weighted by Gasteiger charge is 2.26. The Labute approximate surface area is 142 Å². The molecule has 0 spiro atoms. The van der Waals surface area contributed by atoms with Gasteiger partial charge in [-0.05, 0) is 25.0 Å². The molecule has 126 valence electrons. The molecule has 1 aliphatic rings.